The first-order valence-corrected chi connectivity index (χ1v) is 8.51. The van der Waals surface area contributed by atoms with Crippen LogP contribution in [0.3, 0.4) is 0 Å². The zero-order valence-corrected chi connectivity index (χ0v) is 13.5. The standard InChI is InChI=1S/C17H17BN2O5/c18-9-1-2-12-11(7-9)17(14(21)19-15(22)20-17)10-3-4-16(8-13(10)25-12)23-5-6-24-16/h1-2,7,10,13H,3-6,8H2,(H2,19,20,21,22)/t10?,13-,17?/m1/s1. The quantitative estimate of drug-likeness (QED) is 0.506. The maximum absolute atomic E-state index is 12.8. The summed E-state index contributed by atoms with van der Waals surface area (Å²) in [5.74, 6) is -0.659. The average Bonchev–Trinajstić information content (AvgIpc) is 3.14. The highest BCUT2D eigenvalue weighted by Gasteiger charge is 2.63. The molecule has 8 heteroatoms. The van der Waals surface area contributed by atoms with Crippen LogP contribution in [0.5, 0.6) is 5.75 Å². The van der Waals surface area contributed by atoms with Gasteiger partial charge in [-0.1, -0.05) is 17.6 Å². The molecule has 0 bridgehead atoms. The molecule has 4 aliphatic rings. The largest absolute Gasteiger partial charge is 0.489 e. The fraction of sp³-hybridized carbons (Fsp3) is 0.529. The number of carbonyl (C=O) groups excluding carboxylic acids is 2. The summed E-state index contributed by atoms with van der Waals surface area (Å²) in [5.41, 5.74) is -0.0320. The van der Waals surface area contributed by atoms with Gasteiger partial charge in [0.15, 0.2) is 11.3 Å². The fourth-order valence-electron chi connectivity index (χ4n) is 4.73. The summed E-state index contributed by atoms with van der Waals surface area (Å²) < 4.78 is 17.9. The molecule has 2 N–H and O–H groups in total. The lowest BCUT2D eigenvalue weighted by Crippen LogP contribution is -2.61. The second-order valence-corrected chi connectivity index (χ2v) is 7.09. The van der Waals surface area contributed by atoms with Gasteiger partial charge in [-0.25, -0.2) is 4.79 Å². The van der Waals surface area contributed by atoms with E-state index in [0.717, 1.165) is 0 Å². The molecule has 3 atom stereocenters. The number of hydrogen-bond acceptors (Lipinski definition) is 5. The Labute approximate surface area is 145 Å². The number of rotatable bonds is 0. The molecule has 0 aromatic heterocycles. The zero-order valence-electron chi connectivity index (χ0n) is 13.5. The SMILES string of the molecule is [B]c1ccc2c(c1)C1(NC(=O)NC1=O)C1CCC3(C[C@H]1O2)OCCO3. The van der Waals surface area contributed by atoms with Crippen molar-refractivity contribution in [3.8, 4) is 5.75 Å². The number of benzene rings is 1. The van der Waals surface area contributed by atoms with E-state index in [2.05, 4.69) is 10.6 Å². The van der Waals surface area contributed by atoms with Crippen LogP contribution in [0.25, 0.3) is 0 Å². The maximum atomic E-state index is 12.8. The molecule has 3 fully saturated rings. The fourth-order valence-corrected chi connectivity index (χ4v) is 4.73. The second-order valence-electron chi connectivity index (χ2n) is 7.09. The minimum atomic E-state index is -1.16. The van der Waals surface area contributed by atoms with Crippen LogP contribution in [-0.2, 0) is 19.8 Å². The third-order valence-corrected chi connectivity index (χ3v) is 5.77. The summed E-state index contributed by atoms with van der Waals surface area (Å²) in [5, 5.41) is 5.25. The van der Waals surface area contributed by atoms with Gasteiger partial charge in [0.05, 0.1) is 13.2 Å². The number of urea groups is 1. The highest BCUT2D eigenvalue weighted by molar-refractivity contribution is 6.32. The molecule has 128 valence electrons. The minimum Gasteiger partial charge on any atom is -0.489 e. The van der Waals surface area contributed by atoms with Crippen molar-refractivity contribution in [1.29, 1.82) is 0 Å². The molecule has 1 aromatic carbocycles. The van der Waals surface area contributed by atoms with Gasteiger partial charge in [-0.2, -0.15) is 0 Å². The first-order chi connectivity index (χ1) is 12.0. The van der Waals surface area contributed by atoms with Crippen molar-refractivity contribution in [2.45, 2.75) is 36.7 Å². The van der Waals surface area contributed by atoms with E-state index in [4.69, 9.17) is 22.1 Å². The number of hydrogen-bond donors (Lipinski definition) is 2. The second kappa shape index (κ2) is 4.99. The molecule has 2 unspecified atom stereocenters. The van der Waals surface area contributed by atoms with Crippen LogP contribution >= 0.6 is 0 Å². The van der Waals surface area contributed by atoms with E-state index < -0.39 is 17.4 Å². The molecule has 2 spiro atoms. The van der Waals surface area contributed by atoms with E-state index >= 15 is 0 Å². The first kappa shape index (κ1) is 15.2. The van der Waals surface area contributed by atoms with Crippen LogP contribution in [0.4, 0.5) is 4.79 Å². The van der Waals surface area contributed by atoms with E-state index in [-0.39, 0.29) is 17.9 Å². The lowest BCUT2D eigenvalue weighted by molar-refractivity contribution is -0.210. The van der Waals surface area contributed by atoms with Gasteiger partial charge in [-0.15, -0.1) is 0 Å². The zero-order chi connectivity index (χ0) is 17.2. The van der Waals surface area contributed by atoms with Crippen molar-refractivity contribution in [3.05, 3.63) is 23.8 Å². The number of carbonyl (C=O) groups is 2. The number of ether oxygens (including phenoxy) is 3. The minimum absolute atomic E-state index is 0.216. The van der Waals surface area contributed by atoms with E-state index in [0.29, 0.717) is 49.3 Å². The van der Waals surface area contributed by atoms with Crippen LogP contribution in [0.2, 0.25) is 0 Å². The molecule has 7 nitrogen and oxygen atoms in total. The van der Waals surface area contributed by atoms with Crippen molar-refractivity contribution in [2.24, 2.45) is 5.92 Å². The van der Waals surface area contributed by atoms with E-state index in [1.54, 1.807) is 18.2 Å². The Morgan fingerprint density at radius 1 is 1.20 bits per heavy atom. The Morgan fingerprint density at radius 2 is 2.00 bits per heavy atom. The summed E-state index contributed by atoms with van der Waals surface area (Å²) >= 11 is 0. The van der Waals surface area contributed by atoms with Gasteiger partial charge >= 0.3 is 6.03 Å². The summed E-state index contributed by atoms with van der Waals surface area (Å²) in [7, 11) is 5.94. The van der Waals surface area contributed by atoms with Crippen LogP contribution in [0.1, 0.15) is 24.8 Å². The van der Waals surface area contributed by atoms with E-state index in [1.807, 2.05) is 0 Å². The topological polar surface area (TPSA) is 85.9 Å². The Hall–Kier alpha value is -2.06. The highest BCUT2D eigenvalue weighted by Crippen LogP contribution is 2.52. The van der Waals surface area contributed by atoms with Gasteiger partial charge in [0, 0.05) is 24.3 Å². The maximum Gasteiger partial charge on any atom is 0.322 e. The van der Waals surface area contributed by atoms with Crippen molar-refractivity contribution in [3.63, 3.8) is 0 Å². The number of amides is 3. The summed E-state index contributed by atoms with van der Waals surface area (Å²) in [4.78, 5) is 24.8. The summed E-state index contributed by atoms with van der Waals surface area (Å²) in [6.45, 7) is 1.12. The molecule has 25 heavy (non-hydrogen) atoms. The smallest absolute Gasteiger partial charge is 0.322 e. The molecule has 3 heterocycles. The van der Waals surface area contributed by atoms with Gasteiger partial charge in [0.2, 0.25) is 0 Å². The Morgan fingerprint density at radius 3 is 2.72 bits per heavy atom. The molecule has 1 aliphatic carbocycles. The lowest BCUT2D eigenvalue weighted by Gasteiger charge is -2.50. The van der Waals surface area contributed by atoms with E-state index in [9.17, 15) is 9.59 Å². The molecule has 1 aromatic rings. The van der Waals surface area contributed by atoms with Crippen molar-refractivity contribution >= 4 is 25.2 Å². The third-order valence-electron chi connectivity index (χ3n) is 5.77. The molecular formula is C17H17BN2O5. The molecule has 2 radical (unpaired) electrons. The Balaban J connectivity index is 1.63. The van der Waals surface area contributed by atoms with Gasteiger partial charge in [-0.3, -0.25) is 10.1 Å². The van der Waals surface area contributed by atoms with Gasteiger partial charge in [0.25, 0.3) is 5.91 Å². The number of fused-ring (bicyclic) bond motifs is 4. The van der Waals surface area contributed by atoms with E-state index in [1.165, 1.54) is 0 Å². The van der Waals surface area contributed by atoms with Crippen LogP contribution in [0, 0.1) is 5.92 Å². The molecular weight excluding hydrogens is 323 g/mol. The molecule has 5 rings (SSSR count). The number of nitrogens with one attached hydrogen (secondary N) is 2. The van der Waals surface area contributed by atoms with Gasteiger partial charge < -0.3 is 19.5 Å². The van der Waals surface area contributed by atoms with Crippen molar-refractivity contribution in [1.82, 2.24) is 10.6 Å². The average molecular weight is 340 g/mol. The Bertz CT molecular complexity index is 778. The van der Waals surface area contributed by atoms with Crippen molar-refractivity contribution in [2.75, 3.05) is 13.2 Å². The van der Waals surface area contributed by atoms with Gasteiger partial charge in [0.1, 0.15) is 19.7 Å². The van der Waals surface area contributed by atoms with Crippen LogP contribution < -0.4 is 20.8 Å². The monoisotopic (exact) mass is 340 g/mol. The molecule has 3 aliphatic heterocycles. The van der Waals surface area contributed by atoms with Crippen LogP contribution in [-0.4, -0.2) is 44.9 Å². The predicted octanol–water partition coefficient (Wildman–Crippen LogP) is -0.181. The summed E-state index contributed by atoms with van der Waals surface area (Å²) in [6, 6.07) is 4.69. The number of imide groups is 1. The predicted molar refractivity (Wildman–Crippen MR) is 86.6 cm³/mol. The molecule has 3 amide bonds. The molecule has 2 saturated heterocycles. The molecule has 1 saturated carbocycles. The highest BCUT2D eigenvalue weighted by atomic mass is 16.7. The van der Waals surface area contributed by atoms with Gasteiger partial charge in [-0.05, 0) is 12.5 Å². The lowest BCUT2D eigenvalue weighted by atomic mass is 9.65. The Kier molecular flexibility index (Phi) is 3.03. The normalized spacial score (nSPS) is 35.0. The first-order valence-electron chi connectivity index (χ1n) is 8.51. The summed E-state index contributed by atoms with van der Waals surface area (Å²) in [6.07, 6.45) is 1.51. The van der Waals surface area contributed by atoms with Crippen molar-refractivity contribution < 1.29 is 23.8 Å². The third kappa shape index (κ3) is 2.01. The van der Waals surface area contributed by atoms with Crippen LogP contribution in [0.15, 0.2) is 18.2 Å².